The van der Waals surface area contributed by atoms with Crippen LogP contribution >= 0.6 is 0 Å². The molecule has 0 fully saturated rings. The number of hydrogen-bond donors (Lipinski definition) is 1. The monoisotopic (exact) mass is 196 g/mol. The summed E-state index contributed by atoms with van der Waals surface area (Å²) in [5.41, 5.74) is 1.16. The number of hydrogen-bond acceptors (Lipinski definition) is 3. The number of ether oxygens (including phenoxy) is 2. The summed E-state index contributed by atoms with van der Waals surface area (Å²) in [6.45, 7) is 2.42. The maximum atomic E-state index is 8.60. The molecule has 0 atom stereocenters. The molecule has 1 N–H and O–H groups in total. The van der Waals surface area contributed by atoms with Crippen LogP contribution in [0, 0.1) is 0 Å². The molecule has 0 amide bonds. The van der Waals surface area contributed by atoms with E-state index in [1.54, 1.807) is 7.11 Å². The molecule has 1 aromatic rings. The molecular formula is C11H16O3. The first-order chi connectivity index (χ1) is 6.81. The van der Waals surface area contributed by atoms with Gasteiger partial charge in [-0.2, -0.15) is 0 Å². The van der Waals surface area contributed by atoms with E-state index in [1.165, 1.54) is 0 Å². The topological polar surface area (TPSA) is 38.7 Å². The van der Waals surface area contributed by atoms with Gasteiger partial charge >= 0.3 is 0 Å². The molecular weight excluding hydrogens is 180 g/mol. The molecule has 0 radical (unpaired) electrons. The van der Waals surface area contributed by atoms with E-state index in [0.29, 0.717) is 6.61 Å². The van der Waals surface area contributed by atoms with Gasteiger partial charge in [-0.3, -0.25) is 0 Å². The minimum absolute atomic E-state index is 0.0256. The van der Waals surface area contributed by atoms with Crippen molar-refractivity contribution in [3.05, 3.63) is 23.8 Å². The van der Waals surface area contributed by atoms with Crippen LogP contribution in [0.5, 0.6) is 11.5 Å². The second kappa shape index (κ2) is 5.50. The molecule has 1 rings (SSSR count). The summed E-state index contributed by atoms with van der Waals surface area (Å²) >= 11 is 0. The highest BCUT2D eigenvalue weighted by molar-refractivity contribution is 5.40. The summed E-state index contributed by atoms with van der Waals surface area (Å²) in [6, 6.07) is 5.71. The summed E-state index contributed by atoms with van der Waals surface area (Å²) in [7, 11) is 1.64. The van der Waals surface area contributed by atoms with Crippen LogP contribution in [0.4, 0.5) is 0 Å². The molecule has 0 spiro atoms. The van der Waals surface area contributed by atoms with E-state index < -0.39 is 0 Å². The lowest BCUT2D eigenvalue weighted by Crippen LogP contribution is -2.02. The highest BCUT2D eigenvalue weighted by atomic mass is 16.5. The van der Waals surface area contributed by atoms with E-state index in [4.69, 9.17) is 14.6 Å². The molecule has 3 heteroatoms. The van der Waals surface area contributed by atoms with Crippen LogP contribution in [-0.2, 0) is 6.42 Å². The second-order valence-corrected chi connectivity index (χ2v) is 2.90. The van der Waals surface area contributed by atoms with Crippen molar-refractivity contribution in [2.45, 2.75) is 13.3 Å². The third-order valence-electron chi connectivity index (χ3n) is 2.00. The number of methoxy groups -OCH3 is 1. The number of rotatable bonds is 5. The average Bonchev–Trinajstić information content (AvgIpc) is 2.25. The SMILES string of the molecule is CCc1ccc(OCCO)cc1OC. The number of aliphatic hydroxyl groups is 1. The molecule has 0 saturated heterocycles. The Labute approximate surface area is 84.3 Å². The molecule has 0 saturated carbocycles. The standard InChI is InChI=1S/C11H16O3/c1-3-9-4-5-10(14-7-6-12)8-11(9)13-2/h4-5,8,12H,3,6-7H2,1-2H3. The molecule has 3 nitrogen and oxygen atoms in total. The first-order valence-electron chi connectivity index (χ1n) is 4.72. The van der Waals surface area contributed by atoms with Crippen molar-refractivity contribution in [3.63, 3.8) is 0 Å². The van der Waals surface area contributed by atoms with E-state index in [2.05, 4.69) is 6.92 Å². The molecule has 14 heavy (non-hydrogen) atoms. The normalized spacial score (nSPS) is 9.93. The fourth-order valence-electron chi connectivity index (χ4n) is 1.27. The summed E-state index contributed by atoms with van der Waals surface area (Å²) in [6.07, 6.45) is 0.934. The molecule has 0 aliphatic carbocycles. The lowest BCUT2D eigenvalue weighted by Gasteiger charge is -2.09. The second-order valence-electron chi connectivity index (χ2n) is 2.90. The van der Waals surface area contributed by atoms with Gasteiger partial charge in [0.1, 0.15) is 18.1 Å². The molecule has 0 aromatic heterocycles. The number of aryl methyl sites for hydroxylation is 1. The molecule has 0 aliphatic heterocycles. The van der Waals surface area contributed by atoms with Crippen LogP contribution in [0.15, 0.2) is 18.2 Å². The lowest BCUT2D eigenvalue weighted by atomic mass is 10.1. The maximum absolute atomic E-state index is 8.60. The van der Waals surface area contributed by atoms with Crippen LogP contribution in [0.3, 0.4) is 0 Å². The Hall–Kier alpha value is -1.22. The van der Waals surface area contributed by atoms with E-state index >= 15 is 0 Å². The van der Waals surface area contributed by atoms with Gasteiger partial charge in [-0.05, 0) is 18.1 Å². The van der Waals surface area contributed by atoms with Crippen molar-refractivity contribution in [1.29, 1.82) is 0 Å². The summed E-state index contributed by atoms with van der Waals surface area (Å²) in [4.78, 5) is 0. The molecule has 0 aliphatic rings. The van der Waals surface area contributed by atoms with Gasteiger partial charge in [-0.15, -0.1) is 0 Å². The van der Waals surface area contributed by atoms with Gasteiger partial charge in [-0.25, -0.2) is 0 Å². The molecule has 0 bridgehead atoms. The van der Waals surface area contributed by atoms with Gasteiger partial charge in [0.15, 0.2) is 0 Å². The Kier molecular flexibility index (Phi) is 4.26. The Morgan fingerprint density at radius 3 is 2.71 bits per heavy atom. The third kappa shape index (κ3) is 2.64. The Morgan fingerprint density at radius 1 is 1.36 bits per heavy atom. The smallest absolute Gasteiger partial charge is 0.125 e. The van der Waals surface area contributed by atoms with Crippen molar-refractivity contribution in [1.82, 2.24) is 0 Å². The quantitative estimate of drug-likeness (QED) is 0.777. The molecule has 0 unspecified atom stereocenters. The van der Waals surface area contributed by atoms with Gasteiger partial charge in [0, 0.05) is 6.07 Å². The first kappa shape index (κ1) is 10.9. The lowest BCUT2D eigenvalue weighted by molar-refractivity contribution is 0.201. The fourth-order valence-corrected chi connectivity index (χ4v) is 1.27. The van der Waals surface area contributed by atoms with Gasteiger partial charge < -0.3 is 14.6 Å². The Balaban J connectivity index is 2.79. The predicted octanol–water partition coefficient (Wildman–Crippen LogP) is 1.63. The first-order valence-corrected chi connectivity index (χ1v) is 4.72. The van der Waals surface area contributed by atoms with Gasteiger partial charge in [0.25, 0.3) is 0 Å². The van der Waals surface area contributed by atoms with Crippen LogP contribution in [0.1, 0.15) is 12.5 Å². The third-order valence-corrected chi connectivity index (χ3v) is 2.00. The van der Waals surface area contributed by atoms with Crippen LogP contribution in [-0.4, -0.2) is 25.4 Å². The largest absolute Gasteiger partial charge is 0.496 e. The Morgan fingerprint density at radius 2 is 2.14 bits per heavy atom. The minimum atomic E-state index is 0.0256. The Bertz CT molecular complexity index is 284. The molecule has 78 valence electrons. The van der Waals surface area contributed by atoms with Crippen molar-refractivity contribution in [3.8, 4) is 11.5 Å². The number of benzene rings is 1. The summed E-state index contributed by atoms with van der Waals surface area (Å²) in [5, 5.41) is 8.60. The van der Waals surface area contributed by atoms with Gasteiger partial charge in [0.05, 0.1) is 13.7 Å². The zero-order chi connectivity index (χ0) is 10.4. The van der Waals surface area contributed by atoms with E-state index in [0.717, 1.165) is 23.5 Å². The van der Waals surface area contributed by atoms with E-state index in [-0.39, 0.29) is 6.61 Å². The summed E-state index contributed by atoms with van der Waals surface area (Å²) < 4.78 is 10.5. The van der Waals surface area contributed by atoms with Crippen LogP contribution in [0.2, 0.25) is 0 Å². The molecule has 0 heterocycles. The van der Waals surface area contributed by atoms with Crippen molar-refractivity contribution < 1.29 is 14.6 Å². The average molecular weight is 196 g/mol. The van der Waals surface area contributed by atoms with Gasteiger partial charge in [-0.1, -0.05) is 13.0 Å². The maximum Gasteiger partial charge on any atom is 0.125 e. The van der Waals surface area contributed by atoms with Crippen LogP contribution < -0.4 is 9.47 Å². The summed E-state index contributed by atoms with van der Waals surface area (Å²) in [5.74, 6) is 1.57. The minimum Gasteiger partial charge on any atom is -0.496 e. The zero-order valence-corrected chi connectivity index (χ0v) is 8.62. The van der Waals surface area contributed by atoms with Crippen molar-refractivity contribution in [2.75, 3.05) is 20.3 Å². The van der Waals surface area contributed by atoms with Gasteiger partial charge in [0.2, 0.25) is 0 Å². The van der Waals surface area contributed by atoms with E-state index in [9.17, 15) is 0 Å². The van der Waals surface area contributed by atoms with Crippen molar-refractivity contribution in [2.24, 2.45) is 0 Å². The highest BCUT2D eigenvalue weighted by Gasteiger charge is 2.02. The van der Waals surface area contributed by atoms with E-state index in [1.807, 2.05) is 18.2 Å². The number of aliphatic hydroxyl groups excluding tert-OH is 1. The zero-order valence-electron chi connectivity index (χ0n) is 8.62. The molecule has 1 aromatic carbocycles. The predicted molar refractivity (Wildman–Crippen MR) is 55.0 cm³/mol. The highest BCUT2D eigenvalue weighted by Crippen LogP contribution is 2.24. The van der Waals surface area contributed by atoms with Crippen LogP contribution in [0.25, 0.3) is 0 Å². The van der Waals surface area contributed by atoms with Crippen molar-refractivity contribution >= 4 is 0 Å². The fraction of sp³-hybridized carbons (Fsp3) is 0.455.